The van der Waals surface area contributed by atoms with Crippen molar-refractivity contribution in [1.82, 2.24) is 0 Å². The number of benzene rings is 2. The summed E-state index contributed by atoms with van der Waals surface area (Å²) in [4.78, 5) is 0. The zero-order chi connectivity index (χ0) is 15.3. The van der Waals surface area contributed by atoms with Gasteiger partial charge >= 0.3 is 0 Å². The summed E-state index contributed by atoms with van der Waals surface area (Å²) < 4.78 is 0. The van der Waals surface area contributed by atoms with Crippen molar-refractivity contribution < 1.29 is 20.4 Å². The SMILES string of the molecule is CC(C)(C)c1ccc(O)c(O)c1.Oc1cccc(O)c1. The summed E-state index contributed by atoms with van der Waals surface area (Å²) in [5, 5.41) is 35.6. The fraction of sp³-hybridized carbons (Fsp3) is 0.250. The van der Waals surface area contributed by atoms with Crippen LogP contribution < -0.4 is 0 Å². The van der Waals surface area contributed by atoms with E-state index in [0.717, 1.165) is 5.56 Å². The molecule has 0 saturated heterocycles. The van der Waals surface area contributed by atoms with Crippen molar-refractivity contribution in [3.8, 4) is 23.0 Å². The van der Waals surface area contributed by atoms with Crippen molar-refractivity contribution in [2.45, 2.75) is 26.2 Å². The second kappa shape index (κ2) is 6.19. The monoisotopic (exact) mass is 276 g/mol. The Kier molecular flexibility index (Phi) is 4.86. The number of phenols is 4. The topological polar surface area (TPSA) is 80.9 Å². The molecule has 0 atom stereocenters. The van der Waals surface area contributed by atoms with Crippen LogP contribution in [0.15, 0.2) is 42.5 Å². The van der Waals surface area contributed by atoms with E-state index in [1.54, 1.807) is 12.1 Å². The van der Waals surface area contributed by atoms with Gasteiger partial charge in [-0.05, 0) is 35.2 Å². The molecule has 20 heavy (non-hydrogen) atoms. The third kappa shape index (κ3) is 4.72. The summed E-state index contributed by atoms with van der Waals surface area (Å²) in [6.45, 7) is 6.16. The fourth-order valence-electron chi connectivity index (χ4n) is 1.48. The van der Waals surface area contributed by atoms with Crippen molar-refractivity contribution in [2.24, 2.45) is 0 Å². The molecule has 0 aliphatic heterocycles. The molecule has 0 radical (unpaired) electrons. The average Bonchev–Trinajstić information content (AvgIpc) is 2.32. The number of rotatable bonds is 0. The molecule has 0 aliphatic rings. The third-order valence-corrected chi connectivity index (χ3v) is 2.67. The maximum Gasteiger partial charge on any atom is 0.157 e. The highest BCUT2D eigenvalue weighted by atomic mass is 16.3. The van der Waals surface area contributed by atoms with Gasteiger partial charge in [0.2, 0.25) is 0 Å². The molecule has 0 aliphatic carbocycles. The lowest BCUT2D eigenvalue weighted by atomic mass is 9.87. The predicted octanol–water partition coefficient (Wildman–Crippen LogP) is 3.49. The molecule has 2 aromatic carbocycles. The summed E-state index contributed by atoms with van der Waals surface area (Å²) in [5.41, 5.74) is 1.02. The number of phenolic OH excluding ortho intramolecular Hbond substituents is 4. The van der Waals surface area contributed by atoms with E-state index in [9.17, 15) is 5.11 Å². The quantitative estimate of drug-likeness (QED) is 0.555. The van der Waals surface area contributed by atoms with Gasteiger partial charge in [-0.3, -0.25) is 0 Å². The van der Waals surface area contributed by atoms with Gasteiger partial charge in [-0.1, -0.05) is 32.9 Å². The first-order valence-electron chi connectivity index (χ1n) is 6.20. The van der Waals surface area contributed by atoms with Crippen LogP contribution in [0.3, 0.4) is 0 Å². The molecule has 0 saturated carbocycles. The van der Waals surface area contributed by atoms with Crippen LogP contribution >= 0.6 is 0 Å². The van der Waals surface area contributed by atoms with Crippen molar-refractivity contribution >= 4 is 0 Å². The molecular formula is C16H20O4. The maximum absolute atomic E-state index is 9.21. The van der Waals surface area contributed by atoms with Crippen LogP contribution in [0.2, 0.25) is 0 Å². The summed E-state index contributed by atoms with van der Waals surface area (Å²) >= 11 is 0. The first-order valence-corrected chi connectivity index (χ1v) is 6.20. The normalized spacial score (nSPS) is 10.6. The van der Waals surface area contributed by atoms with Crippen molar-refractivity contribution in [2.75, 3.05) is 0 Å². The van der Waals surface area contributed by atoms with E-state index in [2.05, 4.69) is 20.8 Å². The molecule has 4 N–H and O–H groups in total. The first-order chi connectivity index (χ1) is 9.20. The first kappa shape index (κ1) is 15.7. The minimum Gasteiger partial charge on any atom is -0.508 e. The zero-order valence-electron chi connectivity index (χ0n) is 11.8. The minimum absolute atomic E-state index is 0.00514. The number of hydrogen-bond acceptors (Lipinski definition) is 4. The highest BCUT2D eigenvalue weighted by Crippen LogP contribution is 2.30. The third-order valence-electron chi connectivity index (χ3n) is 2.67. The molecule has 4 nitrogen and oxygen atoms in total. The van der Waals surface area contributed by atoms with E-state index in [0.29, 0.717) is 0 Å². The highest BCUT2D eigenvalue weighted by molar-refractivity contribution is 5.42. The molecule has 0 heterocycles. The Morgan fingerprint density at radius 1 is 0.700 bits per heavy atom. The molecule has 2 rings (SSSR count). The van der Waals surface area contributed by atoms with Gasteiger partial charge in [0, 0.05) is 6.07 Å². The Balaban J connectivity index is 0.000000217. The van der Waals surface area contributed by atoms with Gasteiger partial charge in [0.15, 0.2) is 11.5 Å². The Labute approximate surface area is 118 Å². The standard InChI is InChI=1S/C10H14O2.C6H6O2/c1-10(2,3)7-4-5-8(11)9(12)6-7;7-5-2-1-3-6(8)4-5/h4-6,11-12H,1-3H3;1-4,7-8H. The Morgan fingerprint density at radius 2 is 1.25 bits per heavy atom. The Hall–Kier alpha value is -2.36. The minimum atomic E-state index is -0.0667. The van der Waals surface area contributed by atoms with Crippen LogP contribution in [-0.4, -0.2) is 20.4 Å². The largest absolute Gasteiger partial charge is 0.508 e. The number of hydrogen-bond donors (Lipinski definition) is 4. The van der Waals surface area contributed by atoms with Crippen LogP contribution in [0.25, 0.3) is 0 Å². The van der Waals surface area contributed by atoms with Crippen LogP contribution in [0.4, 0.5) is 0 Å². The molecule has 108 valence electrons. The molecule has 0 amide bonds. The number of aromatic hydroxyl groups is 4. The second-order valence-electron chi connectivity index (χ2n) is 5.47. The van der Waals surface area contributed by atoms with Gasteiger partial charge in [-0.25, -0.2) is 0 Å². The molecule has 0 unspecified atom stereocenters. The highest BCUT2D eigenvalue weighted by Gasteiger charge is 2.14. The van der Waals surface area contributed by atoms with Crippen molar-refractivity contribution in [3.05, 3.63) is 48.0 Å². The Morgan fingerprint density at radius 3 is 1.60 bits per heavy atom. The van der Waals surface area contributed by atoms with Crippen LogP contribution in [0, 0.1) is 0 Å². The fourth-order valence-corrected chi connectivity index (χ4v) is 1.48. The molecular weight excluding hydrogens is 256 g/mol. The van der Waals surface area contributed by atoms with E-state index in [-0.39, 0.29) is 28.4 Å². The lowest BCUT2D eigenvalue weighted by molar-refractivity contribution is 0.401. The van der Waals surface area contributed by atoms with E-state index >= 15 is 0 Å². The van der Waals surface area contributed by atoms with Gasteiger partial charge in [0.1, 0.15) is 11.5 Å². The molecule has 0 bridgehead atoms. The summed E-state index contributed by atoms with van der Waals surface area (Å²) in [6, 6.07) is 10.8. The van der Waals surface area contributed by atoms with Crippen LogP contribution in [0.5, 0.6) is 23.0 Å². The summed E-state index contributed by atoms with van der Waals surface area (Å²) in [7, 11) is 0. The molecule has 0 fully saturated rings. The van der Waals surface area contributed by atoms with E-state index in [4.69, 9.17) is 15.3 Å². The van der Waals surface area contributed by atoms with E-state index in [1.807, 2.05) is 6.07 Å². The Bertz CT molecular complexity index is 554. The molecule has 4 heteroatoms. The van der Waals surface area contributed by atoms with Crippen LogP contribution in [-0.2, 0) is 5.41 Å². The van der Waals surface area contributed by atoms with Gasteiger partial charge in [-0.15, -0.1) is 0 Å². The van der Waals surface area contributed by atoms with Gasteiger partial charge in [-0.2, -0.15) is 0 Å². The predicted molar refractivity (Wildman–Crippen MR) is 78.2 cm³/mol. The van der Waals surface area contributed by atoms with Gasteiger partial charge < -0.3 is 20.4 Å². The van der Waals surface area contributed by atoms with Crippen LogP contribution in [0.1, 0.15) is 26.3 Å². The molecule has 0 aromatic heterocycles. The van der Waals surface area contributed by atoms with Crippen molar-refractivity contribution in [1.29, 1.82) is 0 Å². The van der Waals surface area contributed by atoms with E-state index < -0.39 is 0 Å². The van der Waals surface area contributed by atoms with Gasteiger partial charge in [0.25, 0.3) is 0 Å². The lowest BCUT2D eigenvalue weighted by Crippen LogP contribution is -2.10. The van der Waals surface area contributed by atoms with E-state index in [1.165, 1.54) is 24.3 Å². The zero-order valence-corrected chi connectivity index (χ0v) is 11.8. The summed E-state index contributed by atoms with van der Waals surface area (Å²) in [6.07, 6.45) is 0. The smallest absolute Gasteiger partial charge is 0.157 e. The lowest BCUT2D eigenvalue weighted by Gasteiger charge is -2.19. The van der Waals surface area contributed by atoms with Crippen molar-refractivity contribution in [3.63, 3.8) is 0 Å². The molecule has 0 spiro atoms. The maximum atomic E-state index is 9.21. The molecule has 2 aromatic rings. The average molecular weight is 276 g/mol. The second-order valence-corrected chi connectivity index (χ2v) is 5.47. The summed E-state index contributed by atoms with van der Waals surface area (Å²) in [5.74, 6) is 0.0559. The van der Waals surface area contributed by atoms with Gasteiger partial charge in [0.05, 0.1) is 0 Å².